The fraction of sp³-hybridized carbons (Fsp3) is 0.273. The van der Waals surface area contributed by atoms with Crippen LogP contribution in [0.1, 0.15) is 10.4 Å². The van der Waals surface area contributed by atoms with Crippen molar-refractivity contribution in [2.24, 2.45) is 0 Å². The van der Waals surface area contributed by atoms with E-state index in [2.05, 4.69) is 0 Å². The molecule has 0 N–H and O–H groups in total. The predicted octanol–water partition coefficient (Wildman–Crippen LogP) is 1.73. The molecule has 0 spiro atoms. The van der Waals surface area contributed by atoms with Gasteiger partial charge in [-0.25, -0.2) is 0 Å². The summed E-state index contributed by atoms with van der Waals surface area (Å²) in [6, 6.07) is 9.01. The van der Waals surface area contributed by atoms with Crippen molar-refractivity contribution >= 4 is 23.2 Å². The van der Waals surface area contributed by atoms with Gasteiger partial charge in [-0.2, -0.15) is 0 Å². The summed E-state index contributed by atoms with van der Waals surface area (Å²) in [6.07, 6.45) is 0. The second-order valence-corrected chi connectivity index (χ2v) is 3.59. The number of rotatable bonds is 3. The molecule has 0 saturated heterocycles. The Kier molecular flexibility index (Phi) is 4.24. The molecular formula is C11H13NO2S. The minimum absolute atomic E-state index is 0.0129. The summed E-state index contributed by atoms with van der Waals surface area (Å²) in [5.41, 5.74) is 0.638. The zero-order valence-electron chi connectivity index (χ0n) is 8.77. The third-order valence-corrected chi connectivity index (χ3v) is 2.27. The standard InChI is InChI=1S/C11H13NO2S/c1-12(2)11(15)14-8-10(13)9-6-4-3-5-7-9/h3-7H,8H2,1-2H3. The molecule has 0 amide bonds. The van der Waals surface area contributed by atoms with E-state index < -0.39 is 0 Å². The molecule has 0 radical (unpaired) electrons. The zero-order chi connectivity index (χ0) is 11.3. The van der Waals surface area contributed by atoms with Crippen LogP contribution in [-0.4, -0.2) is 36.6 Å². The summed E-state index contributed by atoms with van der Waals surface area (Å²) in [4.78, 5) is 13.2. The van der Waals surface area contributed by atoms with Gasteiger partial charge in [0.1, 0.15) is 0 Å². The highest BCUT2D eigenvalue weighted by molar-refractivity contribution is 7.80. The Bertz CT molecular complexity index is 349. The topological polar surface area (TPSA) is 29.5 Å². The second kappa shape index (κ2) is 5.46. The Morgan fingerprint density at radius 2 is 1.93 bits per heavy atom. The minimum atomic E-state index is -0.0696. The summed E-state index contributed by atoms with van der Waals surface area (Å²) >= 11 is 4.90. The lowest BCUT2D eigenvalue weighted by Gasteiger charge is -2.13. The number of ether oxygens (including phenoxy) is 1. The number of benzene rings is 1. The maximum atomic E-state index is 11.6. The van der Waals surface area contributed by atoms with Gasteiger partial charge in [-0.15, -0.1) is 0 Å². The summed E-state index contributed by atoms with van der Waals surface area (Å²) in [6.45, 7) is -0.0129. The van der Waals surface area contributed by atoms with Gasteiger partial charge < -0.3 is 9.64 Å². The number of carbonyl (C=O) groups excluding carboxylic acids is 1. The first-order chi connectivity index (χ1) is 7.11. The van der Waals surface area contributed by atoms with E-state index >= 15 is 0 Å². The number of hydrogen-bond acceptors (Lipinski definition) is 3. The minimum Gasteiger partial charge on any atom is -0.463 e. The molecule has 0 saturated carbocycles. The van der Waals surface area contributed by atoms with Crippen molar-refractivity contribution in [3.63, 3.8) is 0 Å². The highest BCUT2D eigenvalue weighted by atomic mass is 32.1. The fourth-order valence-corrected chi connectivity index (χ4v) is 1.02. The van der Waals surface area contributed by atoms with Crippen LogP contribution < -0.4 is 0 Å². The first-order valence-corrected chi connectivity index (χ1v) is 4.94. The largest absolute Gasteiger partial charge is 0.463 e. The van der Waals surface area contributed by atoms with E-state index in [1.54, 1.807) is 31.1 Å². The molecule has 15 heavy (non-hydrogen) atoms. The Labute approximate surface area is 94.6 Å². The van der Waals surface area contributed by atoms with Crippen LogP contribution in [0, 0.1) is 0 Å². The van der Waals surface area contributed by atoms with Gasteiger partial charge in [0.15, 0.2) is 12.4 Å². The number of nitrogens with zero attached hydrogens (tertiary/aromatic N) is 1. The molecule has 0 aliphatic carbocycles. The number of ketones is 1. The van der Waals surface area contributed by atoms with Gasteiger partial charge >= 0.3 is 0 Å². The molecule has 0 unspecified atom stereocenters. The predicted molar refractivity (Wildman–Crippen MR) is 63.0 cm³/mol. The Morgan fingerprint density at radius 1 is 1.33 bits per heavy atom. The normalized spacial score (nSPS) is 9.47. The maximum Gasteiger partial charge on any atom is 0.259 e. The highest BCUT2D eigenvalue weighted by Gasteiger charge is 2.07. The van der Waals surface area contributed by atoms with Gasteiger partial charge in [0, 0.05) is 19.7 Å². The van der Waals surface area contributed by atoms with Crippen LogP contribution in [-0.2, 0) is 4.74 Å². The van der Waals surface area contributed by atoms with Gasteiger partial charge in [-0.1, -0.05) is 30.3 Å². The molecule has 0 fully saturated rings. The van der Waals surface area contributed by atoms with Crippen molar-refractivity contribution in [1.29, 1.82) is 0 Å². The van der Waals surface area contributed by atoms with Crippen molar-refractivity contribution in [2.75, 3.05) is 20.7 Å². The summed E-state index contributed by atoms with van der Waals surface area (Å²) in [5.74, 6) is -0.0696. The van der Waals surface area contributed by atoms with Crippen molar-refractivity contribution in [3.05, 3.63) is 35.9 Å². The van der Waals surface area contributed by atoms with Crippen LogP contribution in [0.3, 0.4) is 0 Å². The van der Waals surface area contributed by atoms with Crippen molar-refractivity contribution in [3.8, 4) is 0 Å². The molecule has 0 bridgehead atoms. The van der Waals surface area contributed by atoms with Gasteiger partial charge in [0.2, 0.25) is 0 Å². The number of hydrogen-bond donors (Lipinski definition) is 0. The van der Waals surface area contributed by atoms with Crippen LogP contribution in [0.25, 0.3) is 0 Å². The molecule has 0 aliphatic rings. The maximum absolute atomic E-state index is 11.6. The van der Waals surface area contributed by atoms with Crippen molar-refractivity contribution < 1.29 is 9.53 Å². The summed E-state index contributed by atoms with van der Waals surface area (Å²) < 4.78 is 5.13. The molecule has 1 aromatic rings. The van der Waals surface area contributed by atoms with Crippen LogP contribution in [0.4, 0.5) is 0 Å². The van der Waals surface area contributed by atoms with E-state index in [9.17, 15) is 4.79 Å². The van der Waals surface area contributed by atoms with E-state index in [0.29, 0.717) is 10.7 Å². The number of carbonyl (C=O) groups is 1. The second-order valence-electron chi connectivity index (χ2n) is 3.24. The Morgan fingerprint density at radius 3 is 2.47 bits per heavy atom. The van der Waals surface area contributed by atoms with E-state index in [0.717, 1.165) is 0 Å². The van der Waals surface area contributed by atoms with E-state index in [4.69, 9.17) is 17.0 Å². The first-order valence-electron chi connectivity index (χ1n) is 4.53. The number of thiocarbonyl (C=S) groups is 1. The van der Waals surface area contributed by atoms with Crippen LogP contribution in [0.2, 0.25) is 0 Å². The molecule has 0 atom stereocenters. The molecule has 1 aromatic carbocycles. The molecular weight excluding hydrogens is 210 g/mol. The number of Topliss-reactive ketones (excluding diaryl/α,β-unsaturated/α-hetero) is 1. The average Bonchev–Trinajstić information content (AvgIpc) is 2.26. The lowest BCUT2D eigenvalue weighted by molar-refractivity contribution is 0.0905. The smallest absolute Gasteiger partial charge is 0.259 e. The Balaban J connectivity index is 2.48. The molecule has 1 rings (SSSR count). The van der Waals surface area contributed by atoms with E-state index in [1.165, 1.54) is 0 Å². The Hall–Kier alpha value is -1.42. The first kappa shape index (κ1) is 11.7. The molecule has 4 heteroatoms. The molecule has 80 valence electrons. The van der Waals surface area contributed by atoms with Gasteiger partial charge in [0.25, 0.3) is 5.17 Å². The fourth-order valence-electron chi connectivity index (χ4n) is 0.964. The third kappa shape index (κ3) is 3.67. The van der Waals surface area contributed by atoms with E-state index in [1.807, 2.05) is 18.2 Å². The monoisotopic (exact) mass is 223 g/mol. The molecule has 0 heterocycles. The van der Waals surface area contributed by atoms with Crippen LogP contribution >= 0.6 is 12.2 Å². The van der Waals surface area contributed by atoms with Crippen LogP contribution in [0.15, 0.2) is 30.3 Å². The lowest BCUT2D eigenvalue weighted by atomic mass is 10.1. The molecule has 3 nitrogen and oxygen atoms in total. The SMILES string of the molecule is CN(C)C(=S)OCC(=O)c1ccccc1. The van der Waals surface area contributed by atoms with Gasteiger partial charge in [-0.3, -0.25) is 4.79 Å². The molecule has 0 aliphatic heterocycles. The molecule has 0 aromatic heterocycles. The third-order valence-electron chi connectivity index (χ3n) is 1.79. The van der Waals surface area contributed by atoms with Gasteiger partial charge in [-0.05, 0) is 12.2 Å². The van der Waals surface area contributed by atoms with Crippen molar-refractivity contribution in [1.82, 2.24) is 4.90 Å². The zero-order valence-corrected chi connectivity index (χ0v) is 9.58. The lowest BCUT2D eigenvalue weighted by Crippen LogP contribution is -2.25. The average molecular weight is 223 g/mol. The van der Waals surface area contributed by atoms with Crippen LogP contribution in [0.5, 0.6) is 0 Å². The van der Waals surface area contributed by atoms with E-state index in [-0.39, 0.29) is 12.4 Å². The summed E-state index contributed by atoms with van der Waals surface area (Å²) in [7, 11) is 3.55. The summed E-state index contributed by atoms with van der Waals surface area (Å²) in [5, 5.41) is 0.319. The quantitative estimate of drug-likeness (QED) is 0.576. The van der Waals surface area contributed by atoms with Gasteiger partial charge in [0.05, 0.1) is 0 Å². The highest BCUT2D eigenvalue weighted by Crippen LogP contribution is 2.00. The van der Waals surface area contributed by atoms with Crippen molar-refractivity contribution in [2.45, 2.75) is 0 Å².